The summed E-state index contributed by atoms with van der Waals surface area (Å²) in [5, 5.41) is 2.88. The van der Waals surface area contributed by atoms with Gasteiger partial charge < -0.3 is 10.1 Å². The molecule has 0 aromatic rings. The van der Waals surface area contributed by atoms with Crippen molar-refractivity contribution in [2.24, 2.45) is 0 Å². The van der Waals surface area contributed by atoms with E-state index in [0.29, 0.717) is 6.61 Å². The summed E-state index contributed by atoms with van der Waals surface area (Å²) >= 11 is 0. The molecule has 0 saturated carbocycles. The van der Waals surface area contributed by atoms with Crippen LogP contribution in [0.2, 0.25) is 0 Å². The average Bonchev–Trinajstić information content (AvgIpc) is 2.08. The molecule has 13 heavy (non-hydrogen) atoms. The van der Waals surface area contributed by atoms with Gasteiger partial charge >= 0.3 is 0 Å². The van der Waals surface area contributed by atoms with Crippen LogP contribution in [0, 0.1) is 0 Å². The molecule has 1 aliphatic rings. The molecule has 0 spiro atoms. The summed E-state index contributed by atoms with van der Waals surface area (Å²) in [6.07, 6.45) is 1.18. The summed E-state index contributed by atoms with van der Waals surface area (Å²) < 4.78 is 5.30. The monoisotopic (exact) mass is 186 g/mol. The minimum Gasteiger partial charge on any atom is -0.377 e. The highest BCUT2D eigenvalue weighted by Gasteiger charge is 2.22. The summed E-state index contributed by atoms with van der Waals surface area (Å²) in [4.78, 5) is 13.1. The van der Waals surface area contributed by atoms with Crippen molar-refractivity contribution in [3.63, 3.8) is 0 Å². The predicted molar refractivity (Wildman–Crippen MR) is 50.3 cm³/mol. The quantitative estimate of drug-likeness (QED) is 0.684. The first-order valence-electron chi connectivity index (χ1n) is 4.83. The fourth-order valence-electron chi connectivity index (χ4n) is 1.56. The van der Waals surface area contributed by atoms with Crippen LogP contribution in [0.1, 0.15) is 20.3 Å². The van der Waals surface area contributed by atoms with E-state index in [9.17, 15) is 4.79 Å². The van der Waals surface area contributed by atoms with Crippen LogP contribution in [0.4, 0.5) is 0 Å². The average molecular weight is 186 g/mol. The number of rotatable bonds is 3. The Bertz CT molecular complexity index is 171. The summed E-state index contributed by atoms with van der Waals surface area (Å²) in [7, 11) is 0. The van der Waals surface area contributed by atoms with E-state index < -0.39 is 0 Å². The lowest BCUT2D eigenvalue weighted by molar-refractivity contribution is -0.123. The van der Waals surface area contributed by atoms with Crippen LogP contribution < -0.4 is 5.32 Å². The lowest BCUT2D eigenvalue weighted by Gasteiger charge is -2.35. The van der Waals surface area contributed by atoms with Gasteiger partial charge in [0.1, 0.15) is 6.17 Å². The summed E-state index contributed by atoms with van der Waals surface area (Å²) in [5.74, 6) is 0.0107. The van der Waals surface area contributed by atoms with E-state index in [-0.39, 0.29) is 12.1 Å². The lowest BCUT2D eigenvalue weighted by Crippen LogP contribution is -2.54. The normalized spacial score (nSPS) is 24.3. The van der Waals surface area contributed by atoms with Crippen LogP contribution in [0.3, 0.4) is 0 Å². The number of carbonyl (C=O) groups is 1. The Labute approximate surface area is 79.2 Å². The van der Waals surface area contributed by atoms with Gasteiger partial charge in [0.25, 0.3) is 0 Å². The third-order valence-electron chi connectivity index (χ3n) is 2.12. The zero-order valence-electron chi connectivity index (χ0n) is 8.38. The van der Waals surface area contributed by atoms with E-state index in [2.05, 4.69) is 17.1 Å². The maximum atomic E-state index is 10.9. The highest BCUT2D eigenvalue weighted by atomic mass is 16.5. The number of nitrogens with one attached hydrogen (secondary N) is 1. The predicted octanol–water partition coefficient (Wildman–Crippen LogP) is 0.191. The molecule has 76 valence electrons. The number of morpholine rings is 1. The van der Waals surface area contributed by atoms with Gasteiger partial charge in [-0.15, -0.1) is 0 Å². The van der Waals surface area contributed by atoms with Crippen LogP contribution in [-0.2, 0) is 9.53 Å². The van der Waals surface area contributed by atoms with E-state index in [4.69, 9.17) is 4.74 Å². The van der Waals surface area contributed by atoms with Gasteiger partial charge in [-0.3, -0.25) is 9.69 Å². The van der Waals surface area contributed by atoms with Crippen molar-refractivity contribution in [1.29, 1.82) is 0 Å². The maximum Gasteiger partial charge on any atom is 0.218 e. The molecule has 1 saturated heterocycles. The van der Waals surface area contributed by atoms with Crippen molar-refractivity contribution in [3.8, 4) is 0 Å². The molecule has 0 bridgehead atoms. The van der Waals surface area contributed by atoms with Crippen LogP contribution in [-0.4, -0.2) is 43.3 Å². The molecule has 0 aromatic carbocycles. The number of amides is 1. The number of nitrogens with zero attached hydrogens (tertiary/aromatic N) is 1. The first kappa shape index (κ1) is 10.5. The molecule has 0 radical (unpaired) electrons. The molecule has 1 atom stereocenters. The fraction of sp³-hybridized carbons (Fsp3) is 0.889. The molecule has 1 unspecified atom stereocenters. The number of carbonyl (C=O) groups excluding carboxylic acids is 1. The van der Waals surface area contributed by atoms with Crippen LogP contribution >= 0.6 is 0 Å². The highest BCUT2D eigenvalue weighted by Crippen LogP contribution is 2.04. The zero-order valence-corrected chi connectivity index (χ0v) is 8.38. The highest BCUT2D eigenvalue weighted by molar-refractivity contribution is 5.73. The second-order valence-corrected chi connectivity index (χ2v) is 3.33. The molecule has 0 aromatic heterocycles. The minimum atomic E-state index is 0.0107. The van der Waals surface area contributed by atoms with Gasteiger partial charge in [0.15, 0.2) is 0 Å². The first-order chi connectivity index (χ1) is 6.24. The Kier molecular flexibility index (Phi) is 4.18. The summed E-state index contributed by atoms with van der Waals surface area (Å²) in [5.41, 5.74) is 0. The minimum absolute atomic E-state index is 0.0107. The molecule has 1 N–H and O–H groups in total. The van der Waals surface area contributed by atoms with Gasteiger partial charge in [-0.25, -0.2) is 0 Å². The second kappa shape index (κ2) is 5.19. The van der Waals surface area contributed by atoms with Gasteiger partial charge in [0.05, 0.1) is 13.2 Å². The molecule has 1 amide bonds. The Hall–Kier alpha value is -0.610. The molecule has 1 heterocycles. The third-order valence-corrected chi connectivity index (χ3v) is 2.12. The largest absolute Gasteiger partial charge is 0.377 e. The molecule has 4 heteroatoms. The molecule has 1 aliphatic heterocycles. The fourth-order valence-corrected chi connectivity index (χ4v) is 1.56. The van der Waals surface area contributed by atoms with Crippen LogP contribution in [0.25, 0.3) is 0 Å². The zero-order chi connectivity index (χ0) is 9.68. The molecule has 0 aliphatic carbocycles. The van der Waals surface area contributed by atoms with Crippen molar-refractivity contribution >= 4 is 5.91 Å². The molecule has 4 nitrogen and oxygen atoms in total. The number of ether oxygens (including phenoxy) is 1. The van der Waals surface area contributed by atoms with Gasteiger partial charge in [-0.1, -0.05) is 6.92 Å². The summed E-state index contributed by atoms with van der Waals surface area (Å²) in [6.45, 7) is 7.00. The Morgan fingerprint density at radius 1 is 1.69 bits per heavy atom. The van der Waals surface area contributed by atoms with E-state index in [1.54, 1.807) is 6.92 Å². The van der Waals surface area contributed by atoms with Crippen molar-refractivity contribution in [2.75, 3.05) is 26.3 Å². The molecular formula is C9H18N2O2. The summed E-state index contributed by atoms with van der Waals surface area (Å²) in [6, 6.07) is 0. The van der Waals surface area contributed by atoms with E-state index >= 15 is 0 Å². The van der Waals surface area contributed by atoms with Crippen LogP contribution in [0.5, 0.6) is 0 Å². The smallest absolute Gasteiger partial charge is 0.218 e. The molecule has 1 fully saturated rings. The first-order valence-corrected chi connectivity index (χ1v) is 4.83. The molecular weight excluding hydrogens is 168 g/mol. The topological polar surface area (TPSA) is 41.6 Å². The molecule has 1 rings (SSSR count). The van der Waals surface area contributed by atoms with Crippen LogP contribution in [0.15, 0.2) is 0 Å². The van der Waals surface area contributed by atoms with Crippen molar-refractivity contribution in [3.05, 3.63) is 0 Å². The Morgan fingerprint density at radius 3 is 3.08 bits per heavy atom. The van der Waals surface area contributed by atoms with Crippen molar-refractivity contribution < 1.29 is 9.53 Å². The van der Waals surface area contributed by atoms with E-state index in [0.717, 1.165) is 26.1 Å². The van der Waals surface area contributed by atoms with E-state index in [1.165, 1.54) is 0 Å². The standard InChI is InChI=1S/C9H18N2O2/c1-3-4-11-5-6-13-7-9(11)10-8(2)12/h9H,3-7H2,1-2H3,(H,10,12). The van der Waals surface area contributed by atoms with E-state index in [1.807, 2.05) is 0 Å². The lowest BCUT2D eigenvalue weighted by atomic mass is 10.3. The SMILES string of the molecule is CCCN1CCOCC1NC(C)=O. The van der Waals surface area contributed by atoms with Gasteiger partial charge in [-0.05, 0) is 13.0 Å². The number of hydrogen-bond acceptors (Lipinski definition) is 3. The van der Waals surface area contributed by atoms with Gasteiger partial charge in [-0.2, -0.15) is 0 Å². The Balaban J connectivity index is 2.41. The third kappa shape index (κ3) is 3.32. The van der Waals surface area contributed by atoms with Crippen molar-refractivity contribution in [2.45, 2.75) is 26.4 Å². The maximum absolute atomic E-state index is 10.9. The number of hydrogen-bond donors (Lipinski definition) is 1. The second-order valence-electron chi connectivity index (χ2n) is 3.33. The Morgan fingerprint density at radius 2 is 2.46 bits per heavy atom. The van der Waals surface area contributed by atoms with Crippen molar-refractivity contribution in [1.82, 2.24) is 10.2 Å². The van der Waals surface area contributed by atoms with Gasteiger partial charge in [0.2, 0.25) is 5.91 Å². The van der Waals surface area contributed by atoms with Gasteiger partial charge in [0, 0.05) is 13.5 Å².